The smallest absolute Gasteiger partial charge is 0.0758 e. The lowest BCUT2D eigenvalue weighted by atomic mass is 9.89. The fraction of sp³-hybridized carbons (Fsp3) is 0.0455. The van der Waals surface area contributed by atoms with Crippen molar-refractivity contribution in [3.63, 3.8) is 0 Å². The third-order valence-electron chi connectivity index (χ3n) is 4.25. The molecule has 5 heteroatoms. The first-order valence-electron chi connectivity index (χ1n) is 8.58. The summed E-state index contributed by atoms with van der Waals surface area (Å²) in [7, 11) is 0. The summed E-state index contributed by atoms with van der Waals surface area (Å²) < 4.78 is 0. The van der Waals surface area contributed by atoms with Gasteiger partial charge in [0.1, 0.15) is 0 Å². The Morgan fingerprint density at radius 3 is 2.11 bits per heavy atom. The van der Waals surface area contributed by atoms with E-state index in [1.807, 2.05) is 60.9 Å². The summed E-state index contributed by atoms with van der Waals surface area (Å²) >= 11 is 6.13. The number of rotatable bonds is 5. The first-order chi connectivity index (χ1) is 13.3. The zero-order valence-corrected chi connectivity index (χ0v) is 15.2. The molecule has 4 rings (SSSR count). The van der Waals surface area contributed by atoms with Gasteiger partial charge >= 0.3 is 0 Å². The average molecular weight is 373 g/mol. The van der Waals surface area contributed by atoms with Crippen LogP contribution in [0, 0.1) is 0 Å². The number of anilines is 2. The zero-order valence-electron chi connectivity index (χ0n) is 14.5. The van der Waals surface area contributed by atoms with Crippen LogP contribution in [0.5, 0.6) is 0 Å². The van der Waals surface area contributed by atoms with E-state index in [4.69, 9.17) is 16.6 Å². The van der Waals surface area contributed by atoms with Crippen LogP contribution in [-0.4, -0.2) is 15.0 Å². The van der Waals surface area contributed by atoms with Gasteiger partial charge in [-0.3, -0.25) is 15.0 Å². The Balaban J connectivity index is 1.81. The van der Waals surface area contributed by atoms with Crippen LogP contribution in [0.3, 0.4) is 0 Å². The summed E-state index contributed by atoms with van der Waals surface area (Å²) in [5, 5.41) is 4.13. The Hall–Kier alpha value is -3.24. The molecule has 27 heavy (non-hydrogen) atoms. The zero-order chi connectivity index (χ0) is 18.5. The van der Waals surface area contributed by atoms with Gasteiger partial charge in [-0.1, -0.05) is 29.8 Å². The highest BCUT2D eigenvalue weighted by molar-refractivity contribution is 6.30. The fourth-order valence-corrected chi connectivity index (χ4v) is 3.27. The highest BCUT2D eigenvalue weighted by Crippen LogP contribution is 2.35. The van der Waals surface area contributed by atoms with Crippen molar-refractivity contribution in [2.45, 2.75) is 5.92 Å². The number of nitrogens with zero attached hydrogens (tertiary/aromatic N) is 3. The summed E-state index contributed by atoms with van der Waals surface area (Å²) in [6.45, 7) is 0. The lowest BCUT2D eigenvalue weighted by molar-refractivity contribution is 0.904. The second-order valence-corrected chi connectivity index (χ2v) is 6.51. The summed E-state index contributed by atoms with van der Waals surface area (Å²) in [4.78, 5) is 13.3. The average Bonchev–Trinajstić information content (AvgIpc) is 2.71. The third-order valence-corrected chi connectivity index (χ3v) is 4.49. The molecule has 3 heterocycles. The van der Waals surface area contributed by atoms with Crippen LogP contribution in [0.4, 0.5) is 11.4 Å². The van der Waals surface area contributed by atoms with E-state index in [1.165, 1.54) is 0 Å². The van der Waals surface area contributed by atoms with Crippen molar-refractivity contribution in [1.29, 1.82) is 0 Å². The molecule has 0 amide bonds. The molecule has 0 aliphatic carbocycles. The van der Waals surface area contributed by atoms with Gasteiger partial charge in [0.15, 0.2) is 0 Å². The van der Waals surface area contributed by atoms with Crippen LogP contribution in [0.2, 0.25) is 5.02 Å². The molecule has 0 bridgehead atoms. The quantitative estimate of drug-likeness (QED) is 0.506. The number of nitrogens with one attached hydrogen (secondary N) is 1. The molecule has 1 aromatic carbocycles. The minimum atomic E-state index is -0.0877. The molecule has 4 aromatic rings. The molecule has 4 nitrogen and oxygen atoms in total. The number of hydrogen-bond acceptors (Lipinski definition) is 4. The van der Waals surface area contributed by atoms with Gasteiger partial charge in [0, 0.05) is 41.7 Å². The van der Waals surface area contributed by atoms with Crippen LogP contribution in [0.1, 0.15) is 22.7 Å². The Morgan fingerprint density at radius 2 is 1.48 bits per heavy atom. The molecule has 0 saturated carbocycles. The van der Waals surface area contributed by atoms with Crippen LogP contribution in [-0.2, 0) is 0 Å². The molecule has 132 valence electrons. The minimum absolute atomic E-state index is 0.0877. The Kier molecular flexibility index (Phi) is 5.08. The van der Waals surface area contributed by atoms with E-state index in [2.05, 4.69) is 27.4 Å². The van der Waals surface area contributed by atoms with E-state index >= 15 is 0 Å². The molecule has 0 unspecified atom stereocenters. The van der Waals surface area contributed by atoms with E-state index in [-0.39, 0.29) is 5.92 Å². The van der Waals surface area contributed by atoms with Crippen molar-refractivity contribution in [1.82, 2.24) is 15.0 Å². The van der Waals surface area contributed by atoms with E-state index in [9.17, 15) is 0 Å². The van der Waals surface area contributed by atoms with Gasteiger partial charge in [-0.15, -0.1) is 0 Å². The first kappa shape index (κ1) is 17.2. The Morgan fingerprint density at radius 1 is 0.778 bits per heavy atom. The normalized spacial score (nSPS) is 10.7. The van der Waals surface area contributed by atoms with E-state index < -0.39 is 0 Å². The van der Waals surface area contributed by atoms with Crippen LogP contribution in [0.25, 0.3) is 0 Å². The van der Waals surface area contributed by atoms with Gasteiger partial charge in [-0.05, 0) is 53.6 Å². The van der Waals surface area contributed by atoms with Crippen LogP contribution < -0.4 is 5.32 Å². The maximum atomic E-state index is 6.13. The second kappa shape index (κ2) is 7.98. The van der Waals surface area contributed by atoms with Crippen molar-refractivity contribution in [2.75, 3.05) is 5.32 Å². The topological polar surface area (TPSA) is 50.7 Å². The van der Waals surface area contributed by atoms with Crippen molar-refractivity contribution in [2.24, 2.45) is 0 Å². The van der Waals surface area contributed by atoms with Crippen molar-refractivity contribution < 1.29 is 0 Å². The first-order valence-corrected chi connectivity index (χ1v) is 8.96. The number of pyridine rings is 3. The van der Waals surface area contributed by atoms with Gasteiger partial charge in [0.2, 0.25) is 0 Å². The molecule has 0 fully saturated rings. The molecule has 0 spiro atoms. The van der Waals surface area contributed by atoms with Crippen LogP contribution in [0.15, 0.2) is 91.6 Å². The van der Waals surface area contributed by atoms with E-state index in [0.29, 0.717) is 5.02 Å². The third kappa shape index (κ3) is 3.96. The van der Waals surface area contributed by atoms with Gasteiger partial charge in [0.05, 0.1) is 17.3 Å². The van der Waals surface area contributed by atoms with Gasteiger partial charge in [0.25, 0.3) is 0 Å². The van der Waals surface area contributed by atoms with Crippen LogP contribution >= 0.6 is 11.6 Å². The predicted octanol–water partition coefficient (Wildman–Crippen LogP) is 5.45. The SMILES string of the molecule is Clc1cccc(Nc2cccnc2C(c2cccnc2)c2cccnc2)c1. The lowest BCUT2D eigenvalue weighted by Gasteiger charge is -2.20. The number of aromatic nitrogens is 3. The number of halogens is 1. The van der Waals surface area contributed by atoms with Gasteiger partial charge < -0.3 is 5.32 Å². The minimum Gasteiger partial charge on any atom is -0.354 e. The molecule has 0 radical (unpaired) electrons. The summed E-state index contributed by atoms with van der Waals surface area (Å²) in [5.41, 5.74) is 4.83. The molecule has 0 saturated heterocycles. The molecule has 3 aromatic heterocycles. The summed E-state index contributed by atoms with van der Waals surface area (Å²) in [5.74, 6) is -0.0877. The molecular weight excluding hydrogens is 356 g/mol. The molecule has 0 atom stereocenters. The van der Waals surface area contributed by atoms with Crippen molar-refractivity contribution in [3.05, 3.63) is 113 Å². The fourth-order valence-electron chi connectivity index (χ4n) is 3.08. The van der Waals surface area contributed by atoms with E-state index in [0.717, 1.165) is 28.2 Å². The Bertz CT molecular complexity index is 983. The van der Waals surface area contributed by atoms with Crippen molar-refractivity contribution in [3.8, 4) is 0 Å². The largest absolute Gasteiger partial charge is 0.354 e. The van der Waals surface area contributed by atoms with Gasteiger partial charge in [-0.2, -0.15) is 0 Å². The highest BCUT2D eigenvalue weighted by atomic mass is 35.5. The maximum Gasteiger partial charge on any atom is 0.0758 e. The Labute approximate surface area is 162 Å². The molecule has 0 aliphatic rings. The number of benzene rings is 1. The monoisotopic (exact) mass is 372 g/mol. The lowest BCUT2D eigenvalue weighted by Crippen LogP contribution is -2.09. The van der Waals surface area contributed by atoms with E-state index in [1.54, 1.807) is 18.6 Å². The predicted molar refractivity (Wildman–Crippen MR) is 108 cm³/mol. The summed E-state index contributed by atoms with van der Waals surface area (Å²) in [6.07, 6.45) is 9.09. The second-order valence-electron chi connectivity index (χ2n) is 6.08. The molecule has 0 aliphatic heterocycles. The highest BCUT2D eigenvalue weighted by Gasteiger charge is 2.21. The summed E-state index contributed by atoms with van der Waals surface area (Å²) in [6, 6.07) is 19.6. The number of hydrogen-bond donors (Lipinski definition) is 1. The standard InChI is InChI=1S/C22H17ClN4/c23-18-7-1-8-19(13-18)27-20-9-4-12-26-22(20)21(16-5-2-10-24-14-16)17-6-3-11-25-15-17/h1-15,21,27H. The van der Waals surface area contributed by atoms with Gasteiger partial charge in [-0.25, -0.2) is 0 Å². The van der Waals surface area contributed by atoms with Crippen molar-refractivity contribution >= 4 is 23.0 Å². The maximum absolute atomic E-state index is 6.13. The molecular formula is C22H17ClN4. The molecule has 1 N–H and O–H groups in total.